The zero-order chi connectivity index (χ0) is 20.7. The van der Waals surface area contributed by atoms with Crippen LogP contribution < -0.4 is 14.2 Å². The van der Waals surface area contributed by atoms with Crippen LogP contribution in [0.5, 0.6) is 17.2 Å². The maximum atomic E-state index is 12.6. The topological polar surface area (TPSA) is 67.1 Å². The van der Waals surface area contributed by atoms with E-state index in [1.807, 2.05) is 19.1 Å². The van der Waals surface area contributed by atoms with Crippen molar-refractivity contribution in [3.63, 3.8) is 0 Å². The number of hydrogen-bond acceptors (Lipinski definition) is 6. The molecule has 2 aliphatic rings. The Labute approximate surface area is 177 Å². The molecule has 0 atom stereocenters. The Bertz CT molecular complexity index is 1160. The molecule has 0 amide bonds. The normalized spacial score (nSPS) is 16.1. The Hall–Kier alpha value is -3.22. The molecule has 0 aliphatic carbocycles. The molecule has 2 aromatic carbocycles. The summed E-state index contributed by atoms with van der Waals surface area (Å²) in [5.41, 5.74) is 2.96. The van der Waals surface area contributed by atoms with E-state index in [9.17, 15) is 4.79 Å². The Morgan fingerprint density at radius 1 is 1.20 bits per heavy atom. The molecule has 0 radical (unpaired) electrons. The highest BCUT2D eigenvalue weighted by Crippen LogP contribution is 2.40. The number of allylic oxidation sites excluding steroid dienone is 1. The lowest BCUT2D eigenvalue weighted by atomic mass is 10.1. The first-order valence-corrected chi connectivity index (χ1v) is 9.74. The summed E-state index contributed by atoms with van der Waals surface area (Å²) < 4.78 is 28.1. The van der Waals surface area contributed by atoms with Crippen molar-refractivity contribution in [2.45, 2.75) is 20.1 Å². The van der Waals surface area contributed by atoms with E-state index in [4.69, 9.17) is 35.0 Å². The van der Waals surface area contributed by atoms with Crippen LogP contribution in [0, 0.1) is 6.92 Å². The summed E-state index contributed by atoms with van der Waals surface area (Å²) in [5, 5.41) is 0.591. The number of Topliss-reactive ketones (excluding diaryl/α,β-unsaturated/α-hetero) is 1. The van der Waals surface area contributed by atoms with E-state index in [0.717, 1.165) is 22.4 Å². The number of hydrogen-bond donors (Lipinski definition) is 0. The van der Waals surface area contributed by atoms with Crippen LogP contribution in [0.25, 0.3) is 6.08 Å². The maximum Gasteiger partial charge on any atom is 0.232 e. The molecule has 0 fully saturated rings. The summed E-state index contributed by atoms with van der Waals surface area (Å²) in [6.45, 7) is 2.75. The minimum Gasteiger partial charge on any atom is -0.488 e. The highest BCUT2D eigenvalue weighted by molar-refractivity contribution is 6.30. The number of carbonyl (C=O) groups is 1. The Morgan fingerprint density at radius 3 is 2.93 bits per heavy atom. The van der Waals surface area contributed by atoms with Crippen molar-refractivity contribution in [1.29, 1.82) is 0 Å². The lowest BCUT2D eigenvalue weighted by Gasteiger charge is -2.21. The van der Waals surface area contributed by atoms with Crippen LogP contribution in [-0.2, 0) is 18.0 Å². The predicted octanol–water partition coefficient (Wildman–Crippen LogP) is 5.30. The average molecular weight is 425 g/mol. The van der Waals surface area contributed by atoms with Crippen molar-refractivity contribution < 1.29 is 28.2 Å². The molecule has 2 aliphatic heterocycles. The second-order valence-corrected chi connectivity index (χ2v) is 7.41. The summed E-state index contributed by atoms with van der Waals surface area (Å²) in [4.78, 5) is 12.6. The summed E-state index contributed by atoms with van der Waals surface area (Å²) in [5.74, 6) is 2.43. The van der Waals surface area contributed by atoms with Gasteiger partial charge in [-0.3, -0.25) is 4.79 Å². The van der Waals surface area contributed by atoms with Crippen LogP contribution >= 0.6 is 11.6 Å². The lowest BCUT2D eigenvalue weighted by Crippen LogP contribution is -2.14. The van der Waals surface area contributed by atoms with Crippen molar-refractivity contribution in [2.75, 3.05) is 6.79 Å². The molecule has 0 saturated heterocycles. The number of ketones is 1. The van der Waals surface area contributed by atoms with Gasteiger partial charge in [0.15, 0.2) is 12.6 Å². The first kappa shape index (κ1) is 18.8. The van der Waals surface area contributed by atoms with E-state index < -0.39 is 0 Å². The number of halogens is 1. The van der Waals surface area contributed by atoms with Crippen molar-refractivity contribution >= 4 is 23.5 Å². The number of benzene rings is 2. The van der Waals surface area contributed by atoms with Gasteiger partial charge >= 0.3 is 0 Å². The Kier molecular flexibility index (Phi) is 4.73. The minimum atomic E-state index is -0.187. The fourth-order valence-corrected chi connectivity index (χ4v) is 3.81. The van der Waals surface area contributed by atoms with Gasteiger partial charge in [-0.25, -0.2) is 0 Å². The molecule has 5 rings (SSSR count). The van der Waals surface area contributed by atoms with Crippen LogP contribution in [0.15, 0.2) is 52.8 Å². The molecule has 30 heavy (non-hydrogen) atoms. The summed E-state index contributed by atoms with van der Waals surface area (Å²) in [7, 11) is 0. The van der Waals surface area contributed by atoms with Crippen molar-refractivity contribution in [3.8, 4) is 17.2 Å². The van der Waals surface area contributed by atoms with E-state index in [-0.39, 0.29) is 24.9 Å². The van der Waals surface area contributed by atoms with Gasteiger partial charge < -0.3 is 23.4 Å². The highest BCUT2D eigenvalue weighted by atomic mass is 35.5. The average Bonchev–Trinajstić information content (AvgIpc) is 3.36. The molecular weight excluding hydrogens is 408 g/mol. The number of carbonyl (C=O) groups excluding carboxylic acids is 1. The van der Waals surface area contributed by atoms with Gasteiger partial charge in [-0.05, 0) is 43.3 Å². The van der Waals surface area contributed by atoms with Crippen LogP contribution in [0.1, 0.15) is 32.8 Å². The van der Waals surface area contributed by atoms with Crippen molar-refractivity contribution in [3.05, 3.63) is 81.5 Å². The van der Waals surface area contributed by atoms with Gasteiger partial charge in [0.25, 0.3) is 0 Å². The Balaban J connectivity index is 1.40. The Morgan fingerprint density at radius 2 is 2.10 bits per heavy atom. The molecule has 152 valence electrons. The second-order valence-electron chi connectivity index (χ2n) is 6.97. The predicted molar refractivity (Wildman–Crippen MR) is 109 cm³/mol. The first-order valence-electron chi connectivity index (χ1n) is 9.36. The van der Waals surface area contributed by atoms with Gasteiger partial charge in [-0.1, -0.05) is 11.6 Å². The molecule has 0 unspecified atom stereocenters. The van der Waals surface area contributed by atoms with Crippen LogP contribution in [0.2, 0.25) is 5.02 Å². The molecule has 0 bridgehead atoms. The fourth-order valence-electron chi connectivity index (χ4n) is 3.55. The maximum absolute atomic E-state index is 12.6. The lowest BCUT2D eigenvalue weighted by molar-refractivity contribution is -0.0175. The monoisotopic (exact) mass is 424 g/mol. The smallest absolute Gasteiger partial charge is 0.232 e. The standard InChI is InChI=1S/C23H17ClO6/c1-13-19(28-11-15-8-16(24)7-14-10-26-12-29-23(14)15)5-4-18-21(25)20(30-22(13)18)9-17-3-2-6-27-17/h2-9H,10-12H2,1H3/b20-9-. The summed E-state index contributed by atoms with van der Waals surface area (Å²) in [6.07, 6.45) is 3.13. The summed E-state index contributed by atoms with van der Waals surface area (Å²) >= 11 is 6.22. The second kappa shape index (κ2) is 7.55. The highest BCUT2D eigenvalue weighted by Gasteiger charge is 2.30. The van der Waals surface area contributed by atoms with Gasteiger partial charge in [0.05, 0.1) is 18.4 Å². The van der Waals surface area contributed by atoms with Crippen molar-refractivity contribution in [2.24, 2.45) is 0 Å². The third-order valence-electron chi connectivity index (χ3n) is 4.99. The van der Waals surface area contributed by atoms with Crippen LogP contribution in [-0.4, -0.2) is 12.6 Å². The van der Waals surface area contributed by atoms with Gasteiger partial charge in [0, 0.05) is 27.8 Å². The molecule has 0 saturated carbocycles. The largest absolute Gasteiger partial charge is 0.488 e. The summed E-state index contributed by atoms with van der Waals surface area (Å²) in [6, 6.07) is 10.6. The minimum absolute atomic E-state index is 0.187. The van der Waals surface area contributed by atoms with E-state index >= 15 is 0 Å². The van der Waals surface area contributed by atoms with E-state index in [1.54, 1.807) is 36.6 Å². The van der Waals surface area contributed by atoms with Crippen LogP contribution in [0.4, 0.5) is 0 Å². The third-order valence-corrected chi connectivity index (χ3v) is 5.21. The van der Waals surface area contributed by atoms with E-state index in [2.05, 4.69) is 0 Å². The zero-order valence-corrected chi connectivity index (χ0v) is 16.8. The molecule has 7 heteroatoms. The molecule has 1 aromatic heterocycles. The first-order chi connectivity index (χ1) is 14.6. The quantitative estimate of drug-likeness (QED) is 0.529. The number of fused-ring (bicyclic) bond motifs is 2. The molecule has 0 spiro atoms. The third kappa shape index (κ3) is 3.34. The number of furan rings is 1. The van der Waals surface area contributed by atoms with Gasteiger partial charge in [-0.2, -0.15) is 0 Å². The fraction of sp³-hybridized carbons (Fsp3) is 0.174. The zero-order valence-electron chi connectivity index (χ0n) is 16.1. The number of ether oxygens (including phenoxy) is 4. The van der Waals surface area contributed by atoms with Crippen LogP contribution in [0.3, 0.4) is 0 Å². The van der Waals surface area contributed by atoms with E-state index in [0.29, 0.717) is 34.5 Å². The van der Waals surface area contributed by atoms with Gasteiger partial charge in [-0.15, -0.1) is 0 Å². The SMILES string of the molecule is Cc1c(OCc2cc(Cl)cc3c2OCOC3)ccc2c1O/C(=C\c1ccco1)C2=O. The molecule has 3 heterocycles. The molecule has 6 nitrogen and oxygen atoms in total. The van der Waals surface area contributed by atoms with Gasteiger partial charge in [0.1, 0.15) is 29.6 Å². The van der Waals surface area contributed by atoms with Gasteiger partial charge in [0.2, 0.25) is 5.78 Å². The van der Waals surface area contributed by atoms with Crippen molar-refractivity contribution in [1.82, 2.24) is 0 Å². The molecule has 3 aromatic rings. The molecule has 0 N–H and O–H groups in total. The molecular formula is C23H17ClO6. The number of rotatable bonds is 4. The van der Waals surface area contributed by atoms with E-state index in [1.165, 1.54) is 0 Å².